The van der Waals surface area contributed by atoms with Crippen molar-refractivity contribution < 1.29 is 4.39 Å². The largest absolute Gasteiger partial charge is 0.314 e. The maximum Gasteiger partial charge on any atom is 0.123 e. The highest BCUT2D eigenvalue weighted by Crippen LogP contribution is 2.22. The predicted molar refractivity (Wildman–Crippen MR) is 70.1 cm³/mol. The first kappa shape index (κ1) is 13.7. The zero-order valence-electron chi connectivity index (χ0n) is 10.1. The molecule has 0 saturated carbocycles. The molecule has 2 unspecified atom stereocenters. The SMILES string of the molecule is CCNC(C)C(C)Cc1cc(F)ccc1Br. The van der Waals surface area contributed by atoms with Crippen molar-refractivity contribution in [3.63, 3.8) is 0 Å². The third-order valence-electron chi connectivity index (χ3n) is 2.93. The van der Waals surface area contributed by atoms with Crippen LogP contribution >= 0.6 is 15.9 Å². The molecule has 0 bridgehead atoms. The smallest absolute Gasteiger partial charge is 0.123 e. The van der Waals surface area contributed by atoms with Crippen molar-refractivity contribution in [3.8, 4) is 0 Å². The lowest BCUT2D eigenvalue weighted by atomic mass is 9.95. The van der Waals surface area contributed by atoms with Gasteiger partial charge in [-0.1, -0.05) is 29.8 Å². The van der Waals surface area contributed by atoms with Gasteiger partial charge in [-0.25, -0.2) is 4.39 Å². The molecule has 0 heterocycles. The van der Waals surface area contributed by atoms with E-state index in [0.29, 0.717) is 12.0 Å². The molecule has 1 aromatic rings. The second-order valence-electron chi connectivity index (χ2n) is 4.26. The van der Waals surface area contributed by atoms with Crippen LogP contribution in [0.5, 0.6) is 0 Å². The zero-order chi connectivity index (χ0) is 12.1. The molecule has 1 rings (SSSR count). The van der Waals surface area contributed by atoms with Crippen LogP contribution in [0.25, 0.3) is 0 Å². The van der Waals surface area contributed by atoms with Gasteiger partial charge < -0.3 is 5.32 Å². The average molecular weight is 288 g/mol. The van der Waals surface area contributed by atoms with Gasteiger partial charge in [0, 0.05) is 10.5 Å². The summed E-state index contributed by atoms with van der Waals surface area (Å²) in [5, 5.41) is 3.39. The Morgan fingerprint density at radius 2 is 2.06 bits per heavy atom. The molecule has 3 heteroatoms. The lowest BCUT2D eigenvalue weighted by Gasteiger charge is -2.21. The molecular weight excluding hydrogens is 269 g/mol. The van der Waals surface area contributed by atoms with Crippen LogP contribution in [-0.2, 0) is 6.42 Å². The van der Waals surface area contributed by atoms with E-state index in [0.717, 1.165) is 23.0 Å². The van der Waals surface area contributed by atoms with Gasteiger partial charge in [0.1, 0.15) is 5.82 Å². The second kappa shape index (κ2) is 6.36. The normalized spacial score (nSPS) is 14.8. The van der Waals surface area contributed by atoms with Gasteiger partial charge >= 0.3 is 0 Å². The first-order valence-electron chi connectivity index (χ1n) is 5.72. The summed E-state index contributed by atoms with van der Waals surface area (Å²) in [5.74, 6) is 0.319. The standard InChI is InChI=1S/C13H19BrFN/c1-4-16-10(3)9(2)7-11-8-12(15)5-6-13(11)14/h5-6,8-10,16H,4,7H2,1-3H3. The van der Waals surface area contributed by atoms with Gasteiger partial charge in [-0.2, -0.15) is 0 Å². The van der Waals surface area contributed by atoms with Crippen LogP contribution in [0.4, 0.5) is 4.39 Å². The van der Waals surface area contributed by atoms with E-state index >= 15 is 0 Å². The molecule has 0 aliphatic heterocycles. The van der Waals surface area contributed by atoms with E-state index in [-0.39, 0.29) is 5.82 Å². The summed E-state index contributed by atoms with van der Waals surface area (Å²) in [7, 11) is 0. The van der Waals surface area contributed by atoms with Crippen molar-refractivity contribution in [2.24, 2.45) is 5.92 Å². The fourth-order valence-electron chi connectivity index (χ4n) is 1.75. The Kier molecular flexibility index (Phi) is 5.42. The van der Waals surface area contributed by atoms with E-state index in [9.17, 15) is 4.39 Å². The minimum Gasteiger partial charge on any atom is -0.314 e. The monoisotopic (exact) mass is 287 g/mol. The van der Waals surface area contributed by atoms with Crippen molar-refractivity contribution in [2.45, 2.75) is 33.2 Å². The lowest BCUT2D eigenvalue weighted by Crippen LogP contribution is -2.32. The van der Waals surface area contributed by atoms with Crippen molar-refractivity contribution >= 4 is 15.9 Å². The summed E-state index contributed by atoms with van der Waals surface area (Å²) < 4.78 is 14.1. The third kappa shape index (κ3) is 3.87. The maximum atomic E-state index is 13.1. The molecule has 0 radical (unpaired) electrons. The lowest BCUT2D eigenvalue weighted by molar-refractivity contribution is 0.405. The van der Waals surface area contributed by atoms with Crippen LogP contribution in [0.1, 0.15) is 26.3 Å². The second-order valence-corrected chi connectivity index (χ2v) is 5.12. The fourth-order valence-corrected chi connectivity index (χ4v) is 2.16. The van der Waals surface area contributed by atoms with E-state index < -0.39 is 0 Å². The molecule has 0 aromatic heterocycles. The third-order valence-corrected chi connectivity index (χ3v) is 3.70. The molecule has 1 aromatic carbocycles. The molecule has 1 nitrogen and oxygen atoms in total. The highest BCUT2D eigenvalue weighted by molar-refractivity contribution is 9.10. The molecule has 1 N–H and O–H groups in total. The molecule has 90 valence electrons. The van der Waals surface area contributed by atoms with Gasteiger partial charge in [0.2, 0.25) is 0 Å². The highest BCUT2D eigenvalue weighted by atomic mass is 79.9. The Labute approximate surface area is 106 Å². The quantitative estimate of drug-likeness (QED) is 0.869. The van der Waals surface area contributed by atoms with E-state index in [1.54, 1.807) is 12.1 Å². The Morgan fingerprint density at radius 3 is 2.69 bits per heavy atom. The molecule has 2 atom stereocenters. The fraction of sp³-hybridized carbons (Fsp3) is 0.538. The number of benzene rings is 1. The van der Waals surface area contributed by atoms with E-state index in [1.165, 1.54) is 6.07 Å². The first-order chi connectivity index (χ1) is 7.54. The van der Waals surface area contributed by atoms with Gasteiger partial charge in [0.15, 0.2) is 0 Å². The Morgan fingerprint density at radius 1 is 1.38 bits per heavy atom. The van der Waals surface area contributed by atoms with Crippen LogP contribution in [0.2, 0.25) is 0 Å². The Bertz CT molecular complexity index is 341. The van der Waals surface area contributed by atoms with Crippen LogP contribution in [-0.4, -0.2) is 12.6 Å². The summed E-state index contributed by atoms with van der Waals surface area (Å²) in [6.45, 7) is 7.42. The number of hydrogen-bond donors (Lipinski definition) is 1. The van der Waals surface area contributed by atoms with Gasteiger partial charge in [-0.05, 0) is 49.6 Å². The van der Waals surface area contributed by atoms with Gasteiger partial charge in [0.25, 0.3) is 0 Å². The number of hydrogen-bond acceptors (Lipinski definition) is 1. The summed E-state index contributed by atoms with van der Waals surface area (Å²) >= 11 is 3.46. The minimum atomic E-state index is -0.165. The highest BCUT2D eigenvalue weighted by Gasteiger charge is 2.13. The number of halogens is 2. The summed E-state index contributed by atoms with van der Waals surface area (Å²) in [5.41, 5.74) is 1.04. The molecule has 0 aliphatic rings. The van der Waals surface area contributed by atoms with Gasteiger partial charge in [-0.15, -0.1) is 0 Å². The van der Waals surface area contributed by atoms with Crippen LogP contribution in [0, 0.1) is 11.7 Å². The van der Waals surface area contributed by atoms with E-state index in [1.807, 2.05) is 0 Å². The number of nitrogens with one attached hydrogen (secondary N) is 1. The maximum absolute atomic E-state index is 13.1. The molecule has 0 fully saturated rings. The minimum absolute atomic E-state index is 0.165. The Hall–Kier alpha value is -0.410. The Balaban J connectivity index is 2.68. The molecular formula is C13H19BrFN. The van der Waals surface area contributed by atoms with Crippen molar-refractivity contribution in [3.05, 3.63) is 34.1 Å². The van der Waals surface area contributed by atoms with Gasteiger partial charge in [0.05, 0.1) is 0 Å². The molecule has 16 heavy (non-hydrogen) atoms. The van der Waals surface area contributed by atoms with Crippen LogP contribution < -0.4 is 5.32 Å². The molecule has 0 aliphatic carbocycles. The van der Waals surface area contributed by atoms with Crippen LogP contribution in [0.15, 0.2) is 22.7 Å². The predicted octanol–water partition coefficient (Wildman–Crippen LogP) is 3.76. The van der Waals surface area contributed by atoms with Crippen molar-refractivity contribution in [1.29, 1.82) is 0 Å². The summed E-state index contributed by atoms with van der Waals surface area (Å²) in [6.07, 6.45) is 0.881. The van der Waals surface area contributed by atoms with Gasteiger partial charge in [-0.3, -0.25) is 0 Å². The van der Waals surface area contributed by atoms with E-state index in [2.05, 4.69) is 42.0 Å². The molecule has 0 amide bonds. The van der Waals surface area contributed by atoms with Crippen molar-refractivity contribution in [2.75, 3.05) is 6.54 Å². The summed E-state index contributed by atoms with van der Waals surface area (Å²) in [6, 6.07) is 5.31. The number of rotatable bonds is 5. The zero-order valence-corrected chi connectivity index (χ0v) is 11.6. The topological polar surface area (TPSA) is 12.0 Å². The molecule has 0 saturated heterocycles. The van der Waals surface area contributed by atoms with E-state index in [4.69, 9.17) is 0 Å². The van der Waals surface area contributed by atoms with Crippen molar-refractivity contribution in [1.82, 2.24) is 5.32 Å². The first-order valence-corrected chi connectivity index (χ1v) is 6.51. The molecule has 0 spiro atoms. The van der Waals surface area contributed by atoms with Crippen LogP contribution in [0.3, 0.4) is 0 Å². The average Bonchev–Trinajstić information content (AvgIpc) is 2.23. The summed E-state index contributed by atoms with van der Waals surface area (Å²) in [4.78, 5) is 0.